The SMILES string of the molecule is COCC(N)CNc1ncc(C(N)=O)c(Nc2cccc(-c3ccccc3)c2)n1. The Morgan fingerprint density at radius 1 is 1.14 bits per heavy atom. The molecule has 1 amide bonds. The number of aromatic nitrogens is 2. The summed E-state index contributed by atoms with van der Waals surface area (Å²) >= 11 is 0. The van der Waals surface area contributed by atoms with Crippen LogP contribution < -0.4 is 22.1 Å². The van der Waals surface area contributed by atoms with Crippen LogP contribution >= 0.6 is 0 Å². The molecule has 6 N–H and O–H groups in total. The lowest BCUT2D eigenvalue weighted by Gasteiger charge is -2.14. The number of amides is 1. The Balaban J connectivity index is 1.83. The molecule has 0 aliphatic heterocycles. The summed E-state index contributed by atoms with van der Waals surface area (Å²) in [5.41, 5.74) is 14.5. The average molecular weight is 392 g/mol. The Hall–Kier alpha value is -3.49. The minimum absolute atomic E-state index is 0.196. The van der Waals surface area contributed by atoms with Gasteiger partial charge in [0.25, 0.3) is 5.91 Å². The summed E-state index contributed by atoms with van der Waals surface area (Å²) in [6.45, 7) is 0.830. The Morgan fingerprint density at radius 2 is 1.90 bits per heavy atom. The van der Waals surface area contributed by atoms with E-state index in [1.54, 1.807) is 7.11 Å². The van der Waals surface area contributed by atoms with Crippen LogP contribution in [0.4, 0.5) is 17.5 Å². The van der Waals surface area contributed by atoms with Gasteiger partial charge in [-0.05, 0) is 23.3 Å². The summed E-state index contributed by atoms with van der Waals surface area (Å²) in [7, 11) is 1.59. The van der Waals surface area contributed by atoms with Gasteiger partial charge in [0.2, 0.25) is 5.95 Å². The fourth-order valence-corrected chi connectivity index (χ4v) is 2.78. The smallest absolute Gasteiger partial charge is 0.254 e. The van der Waals surface area contributed by atoms with E-state index in [0.717, 1.165) is 16.8 Å². The third kappa shape index (κ3) is 5.50. The molecule has 0 radical (unpaired) electrons. The fraction of sp³-hybridized carbons (Fsp3) is 0.190. The summed E-state index contributed by atoms with van der Waals surface area (Å²) in [5.74, 6) is 0.0399. The molecule has 0 fully saturated rings. The van der Waals surface area contributed by atoms with Crippen molar-refractivity contribution < 1.29 is 9.53 Å². The largest absolute Gasteiger partial charge is 0.383 e. The molecule has 3 aromatic rings. The van der Waals surface area contributed by atoms with Crippen LogP contribution in [0.15, 0.2) is 60.8 Å². The van der Waals surface area contributed by atoms with Gasteiger partial charge in [-0.15, -0.1) is 0 Å². The van der Waals surface area contributed by atoms with E-state index in [1.807, 2.05) is 54.6 Å². The standard InChI is InChI=1S/C21H24N6O2/c1-29-13-16(22)11-24-21-25-12-18(19(23)28)20(27-21)26-17-9-5-8-15(10-17)14-6-3-2-4-7-14/h2-10,12,16H,11,13,22H2,1H3,(H2,23,28)(H2,24,25,26,27). The highest BCUT2D eigenvalue weighted by atomic mass is 16.5. The van der Waals surface area contributed by atoms with E-state index in [-0.39, 0.29) is 11.6 Å². The zero-order chi connectivity index (χ0) is 20.6. The lowest BCUT2D eigenvalue weighted by atomic mass is 10.1. The number of nitrogens with two attached hydrogens (primary N) is 2. The molecule has 0 aliphatic rings. The van der Waals surface area contributed by atoms with Gasteiger partial charge < -0.3 is 26.8 Å². The van der Waals surface area contributed by atoms with Gasteiger partial charge in [-0.1, -0.05) is 42.5 Å². The molecule has 1 unspecified atom stereocenters. The minimum Gasteiger partial charge on any atom is -0.383 e. The number of methoxy groups -OCH3 is 1. The molecule has 0 saturated carbocycles. The van der Waals surface area contributed by atoms with E-state index in [4.69, 9.17) is 16.2 Å². The van der Waals surface area contributed by atoms with Gasteiger partial charge in [-0.25, -0.2) is 4.98 Å². The molecule has 8 heteroatoms. The number of nitrogens with one attached hydrogen (secondary N) is 2. The van der Waals surface area contributed by atoms with Crippen LogP contribution in [0.3, 0.4) is 0 Å². The lowest BCUT2D eigenvalue weighted by molar-refractivity contribution is 0.100. The number of hydrogen-bond donors (Lipinski definition) is 4. The molecule has 1 aromatic heterocycles. The number of nitrogens with zero attached hydrogens (tertiary/aromatic N) is 2. The first-order valence-electron chi connectivity index (χ1n) is 9.14. The Kier molecular flexibility index (Phi) is 6.72. The van der Waals surface area contributed by atoms with Crippen molar-refractivity contribution >= 4 is 23.4 Å². The summed E-state index contributed by atoms with van der Waals surface area (Å²) < 4.78 is 5.01. The number of carbonyl (C=O) groups is 1. The molecule has 1 atom stereocenters. The zero-order valence-corrected chi connectivity index (χ0v) is 16.1. The van der Waals surface area contributed by atoms with Crippen molar-refractivity contribution in [2.75, 3.05) is 30.9 Å². The monoisotopic (exact) mass is 392 g/mol. The maximum absolute atomic E-state index is 11.8. The molecule has 29 heavy (non-hydrogen) atoms. The molecule has 0 bridgehead atoms. The van der Waals surface area contributed by atoms with Gasteiger partial charge in [0.1, 0.15) is 11.4 Å². The second-order valence-corrected chi connectivity index (χ2v) is 6.49. The highest BCUT2D eigenvalue weighted by Gasteiger charge is 2.13. The normalized spacial score (nSPS) is 11.7. The van der Waals surface area contributed by atoms with Gasteiger partial charge in [-0.3, -0.25) is 4.79 Å². The molecular formula is C21H24N6O2. The minimum atomic E-state index is -0.616. The first kappa shape index (κ1) is 20.2. The summed E-state index contributed by atoms with van der Waals surface area (Å²) in [4.78, 5) is 20.3. The maximum Gasteiger partial charge on any atom is 0.254 e. The van der Waals surface area contributed by atoms with Gasteiger partial charge in [-0.2, -0.15) is 4.98 Å². The van der Waals surface area contributed by atoms with Crippen LogP contribution in [0.2, 0.25) is 0 Å². The number of benzene rings is 2. The fourth-order valence-electron chi connectivity index (χ4n) is 2.78. The van der Waals surface area contributed by atoms with Crippen molar-refractivity contribution in [1.82, 2.24) is 9.97 Å². The topological polar surface area (TPSA) is 128 Å². The molecule has 8 nitrogen and oxygen atoms in total. The second kappa shape index (κ2) is 9.63. The van der Waals surface area contributed by atoms with E-state index in [1.165, 1.54) is 6.20 Å². The summed E-state index contributed by atoms with van der Waals surface area (Å²) in [5, 5.41) is 6.21. The van der Waals surface area contributed by atoms with Crippen LogP contribution in [-0.4, -0.2) is 42.2 Å². The van der Waals surface area contributed by atoms with Gasteiger partial charge in [0, 0.05) is 31.6 Å². The molecule has 2 aromatic carbocycles. The Morgan fingerprint density at radius 3 is 2.62 bits per heavy atom. The highest BCUT2D eigenvalue weighted by molar-refractivity contribution is 5.98. The third-order valence-corrected chi connectivity index (χ3v) is 4.19. The molecule has 0 spiro atoms. The molecule has 3 rings (SSSR count). The van der Waals surface area contributed by atoms with Crippen LogP contribution in [0.25, 0.3) is 11.1 Å². The van der Waals surface area contributed by atoms with E-state index in [0.29, 0.717) is 24.9 Å². The van der Waals surface area contributed by atoms with Gasteiger partial charge in [0.05, 0.1) is 6.61 Å². The highest BCUT2D eigenvalue weighted by Crippen LogP contribution is 2.25. The van der Waals surface area contributed by atoms with Crippen molar-refractivity contribution in [3.8, 4) is 11.1 Å². The van der Waals surface area contributed by atoms with E-state index in [9.17, 15) is 4.79 Å². The molecular weight excluding hydrogens is 368 g/mol. The molecule has 150 valence electrons. The number of anilines is 3. The third-order valence-electron chi connectivity index (χ3n) is 4.19. The quantitative estimate of drug-likeness (QED) is 0.440. The first-order valence-corrected chi connectivity index (χ1v) is 9.14. The maximum atomic E-state index is 11.8. The Bertz CT molecular complexity index is 964. The summed E-state index contributed by atoms with van der Waals surface area (Å²) in [6, 6.07) is 17.6. The van der Waals surface area contributed by atoms with Crippen LogP contribution in [0, 0.1) is 0 Å². The second-order valence-electron chi connectivity index (χ2n) is 6.49. The predicted octanol–water partition coefficient (Wildman–Crippen LogP) is 2.37. The average Bonchev–Trinajstić information content (AvgIpc) is 2.73. The van der Waals surface area contributed by atoms with Crippen LogP contribution in [-0.2, 0) is 4.74 Å². The number of rotatable bonds is 9. The van der Waals surface area contributed by atoms with Crippen LogP contribution in [0.1, 0.15) is 10.4 Å². The van der Waals surface area contributed by atoms with E-state index >= 15 is 0 Å². The van der Waals surface area contributed by atoms with Gasteiger partial charge in [0.15, 0.2) is 0 Å². The zero-order valence-electron chi connectivity index (χ0n) is 16.1. The van der Waals surface area contributed by atoms with Gasteiger partial charge >= 0.3 is 0 Å². The summed E-state index contributed by atoms with van der Waals surface area (Å²) in [6.07, 6.45) is 1.39. The van der Waals surface area contributed by atoms with Crippen molar-refractivity contribution in [2.45, 2.75) is 6.04 Å². The van der Waals surface area contributed by atoms with E-state index in [2.05, 4.69) is 20.6 Å². The van der Waals surface area contributed by atoms with Crippen molar-refractivity contribution in [1.29, 1.82) is 0 Å². The number of ether oxygens (including phenoxy) is 1. The predicted molar refractivity (Wildman–Crippen MR) is 114 cm³/mol. The van der Waals surface area contributed by atoms with Crippen molar-refractivity contribution in [2.24, 2.45) is 11.5 Å². The van der Waals surface area contributed by atoms with Crippen LogP contribution in [0.5, 0.6) is 0 Å². The van der Waals surface area contributed by atoms with Crippen molar-refractivity contribution in [3.63, 3.8) is 0 Å². The Labute approximate surface area is 169 Å². The molecule has 0 saturated heterocycles. The molecule has 0 aliphatic carbocycles. The number of carbonyl (C=O) groups excluding carboxylic acids is 1. The number of primary amides is 1. The number of hydrogen-bond acceptors (Lipinski definition) is 7. The lowest BCUT2D eigenvalue weighted by Crippen LogP contribution is -2.33. The molecule has 1 heterocycles. The van der Waals surface area contributed by atoms with Crippen molar-refractivity contribution in [3.05, 3.63) is 66.4 Å². The first-order chi connectivity index (χ1) is 14.1. The van der Waals surface area contributed by atoms with E-state index < -0.39 is 5.91 Å².